The van der Waals surface area contributed by atoms with Crippen molar-refractivity contribution in [3.63, 3.8) is 0 Å². The van der Waals surface area contributed by atoms with Gasteiger partial charge in [-0.25, -0.2) is 0 Å². The van der Waals surface area contributed by atoms with Crippen LogP contribution in [0.2, 0.25) is 0 Å². The minimum atomic E-state index is -0.799. The van der Waals surface area contributed by atoms with Crippen molar-refractivity contribution in [2.75, 3.05) is 32.7 Å². The van der Waals surface area contributed by atoms with E-state index in [0.29, 0.717) is 0 Å². The van der Waals surface area contributed by atoms with Gasteiger partial charge in [0.05, 0.1) is 27.3 Å². The Balaban J connectivity index is 1.36. The minimum Gasteiger partial charge on any atom is -0.506 e. The van der Waals surface area contributed by atoms with E-state index in [9.17, 15) is 10.2 Å². The average Bonchev–Trinajstić information content (AvgIpc) is 3.55. The molecule has 3 heterocycles. The number of phenolic OH excluding ortho intramolecular Hbond substituents is 1. The molecule has 34 heavy (non-hydrogen) atoms. The number of halogens is 2. The SMILES string of the molecule is Cc1cnn(CCN2CC[C@]34CCN(CC5CC5)[C@H](Cc5cc(Br)c(O)c(Br)c53)[C@]4(O)CC2)c1. The maximum atomic E-state index is 12.7. The zero-order valence-electron chi connectivity index (χ0n) is 19.8. The first-order chi connectivity index (χ1) is 16.3. The van der Waals surface area contributed by atoms with E-state index in [2.05, 4.69) is 65.9 Å². The predicted octanol–water partition coefficient (Wildman–Crippen LogP) is 4.23. The fraction of sp³-hybridized carbons (Fsp3) is 0.654. The quantitative estimate of drug-likeness (QED) is 0.543. The van der Waals surface area contributed by atoms with Gasteiger partial charge in [-0.05, 0) is 119 Å². The number of likely N-dealkylation sites (tertiary alicyclic amines) is 2. The molecule has 2 saturated heterocycles. The van der Waals surface area contributed by atoms with Crippen molar-refractivity contribution in [2.24, 2.45) is 5.92 Å². The van der Waals surface area contributed by atoms with E-state index in [1.54, 1.807) is 0 Å². The number of aryl methyl sites for hydroxylation is 1. The van der Waals surface area contributed by atoms with Crippen LogP contribution in [-0.4, -0.2) is 74.2 Å². The lowest BCUT2D eigenvalue weighted by atomic mass is 9.52. The van der Waals surface area contributed by atoms with Gasteiger partial charge in [-0.3, -0.25) is 9.58 Å². The van der Waals surface area contributed by atoms with Gasteiger partial charge >= 0.3 is 0 Å². The Labute approximate surface area is 218 Å². The maximum absolute atomic E-state index is 12.7. The lowest BCUT2D eigenvalue weighted by molar-refractivity contribution is -0.149. The van der Waals surface area contributed by atoms with E-state index in [0.717, 1.165) is 85.4 Å². The summed E-state index contributed by atoms with van der Waals surface area (Å²) in [6, 6.07) is 2.24. The Bertz CT molecular complexity index is 1100. The molecule has 0 spiro atoms. The summed E-state index contributed by atoms with van der Waals surface area (Å²) >= 11 is 7.33. The van der Waals surface area contributed by atoms with Crippen LogP contribution >= 0.6 is 31.9 Å². The molecule has 0 amide bonds. The molecule has 6 rings (SSSR count). The van der Waals surface area contributed by atoms with E-state index in [-0.39, 0.29) is 17.2 Å². The van der Waals surface area contributed by atoms with Crippen LogP contribution in [0, 0.1) is 12.8 Å². The zero-order chi connectivity index (χ0) is 23.7. The number of aromatic hydroxyl groups is 1. The van der Waals surface area contributed by atoms with Crippen molar-refractivity contribution in [1.29, 1.82) is 0 Å². The van der Waals surface area contributed by atoms with Crippen LogP contribution in [0.4, 0.5) is 0 Å². The molecule has 8 heteroatoms. The highest BCUT2D eigenvalue weighted by atomic mass is 79.9. The second kappa shape index (κ2) is 8.58. The molecule has 2 bridgehead atoms. The van der Waals surface area contributed by atoms with Crippen LogP contribution in [0.1, 0.15) is 48.8 Å². The molecule has 184 valence electrons. The Morgan fingerprint density at radius 2 is 1.88 bits per heavy atom. The minimum absolute atomic E-state index is 0.131. The zero-order valence-corrected chi connectivity index (χ0v) is 23.0. The average molecular weight is 594 g/mol. The first kappa shape index (κ1) is 23.5. The largest absolute Gasteiger partial charge is 0.506 e. The van der Waals surface area contributed by atoms with Crippen LogP contribution in [0.15, 0.2) is 27.4 Å². The highest BCUT2D eigenvalue weighted by Crippen LogP contribution is 2.59. The van der Waals surface area contributed by atoms with E-state index < -0.39 is 5.60 Å². The molecule has 2 N–H and O–H groups in total. The highest BCUT2D eigenvalue weighted by molar-refractivity contribution is 9.11. The molecule has 2 aliphatic carbocycles. The van der Waals surface area contributed by atoms with Crippen molar-refractivity contribution in [2.45, 2.75) is 69.1 Å². The summed E-state index contributed by atoms with van der Waals surface area (Å²) in [6.07, 6.45) is 10.1. The number of rotatable bonds is 5. The molecular weight excluding hydrogens is 560 g/mol. The van der Waals surface area contributed by atoms with E-state index in [1.807, 2.05) is 10.9 Å². The number of benzene rings is 1. The number of aromatic nitrogens is 2. The molecule has 2 aromatic rings. The molecular formula is C26H34Br2N4O2. The lowest BCUT2D eigenvalue weighted by Crippen LogP contribution is -2.71. The Morgan fingerprint density at radius 1 is 1.12 bits per heavy atom. The first-order valence-electron chi connectivity index (χ1n) is 12.7. The normalized spacial score (nSPS) is 31.7. The molecule has 1 aromatic heterocycles. The smallest absolute Gasteiger partial charge is 0.144 e. The second-order valence-electron chi connectivity index (χ2n) is 11.1. The van der Waals surface area contributed by atoms with Crippen LogP contribution in [0.3, 0.4) is 0 Å². The molecule has 1 saturated carbocycles. The highest BCUT2D eigenvalue weighted by Gasteiger charge is 2.64. The molecule has 2 aliphatic heterocycles. The van der Waals surface area contributed by atoms with Crippen LogP contribution < -0.4 is 0 Å². The second-order valence-corrected chi connectivity index (χ2v) is 12.7. The van der Waals surface area contributed by atoms with Gasteiger partial charge in [-0.2, -0.15) is 5.10 Å². The lowest BCUT2D eigenvalue weighted by Gasteiger charge is -2.62. The summed E-state index contributed by atoms with van der Waals surface area (Å²) in [4.78, 5) is 5.12. The van der Waals surface area contributed by atoms with E-state index in [1.165, 1.54) is 24.0 Å². The Kier molecular flexibility index (Phi) is 5.92. The van der Waals surface area contributed by atoms with Gasteiger partial charge in [0.2, 0.25) is 0 Å². The van der Waals surface area contributed by atoms with Gasteiger partial charge in [0.25, 0.3) is 0 Å². The molecule has 3 atom stereocenters. The summed E-state index contributed by atoms with van der Waals surface area (Å²) in [7, 11) is 0. The monoisotopic (exact) mass is 592 g/mol. The molecule has 3 fully saturated rings. The number of phenols is 1. The molecule has 1 aromatic carbocycles. The van der Waals surface area contributed by atoms with Gasteiger partial charge in [0.15, 0.2) is 0 Å². The van der Waals surface area contributed by atoms with Crippen LogP contribution in [0.5, 0.6) is 5.75 Å². The van der Waals surface area contributed by atoms with Crippen molar-refractivity contribution in [3.05, 3.63) is 44.1 Å². The number of hydrogen-bond donors (Lipinski definition) is 2. The third kappa shape index (κ3) is 3.71. The van der Waals surface area contributed by atoms with Gasteiger partial charge in [-0.1, -0.05) is 0 Å². The summed E-state index contributed by atoms with van der Waals surface area (Å²) < 4.78 is 3.53. The van der Waals surface area contributed by atoms with Crippen molar-refractivity contribution >= 4 is 31.9 Å². The number of fused-ring (bicyclic) bond motifs is 1. The van der Waals surface area contributed by atoms with Gasteiger partial charge in [0, 0.05) is 37.3 Å². The van der Waals surface area contributed by atoms with Crippen molar-refractivity contribution in [3.8, 4) is 5.75 Å². The number of nitrogens with zero attached hydrogens (tertiary/aromatic N) is 4. The van der Waals surface area contributed by atoms with E-state index >= 15 is 0 Å². The predicted molar refractivity (Wildman–Crippen MR) is 139 cm³/mol. The third-order valence-electron chi connectivity index (χ3n) is 9.08. The van der Waals surface area contributed by atoms with Crippen molar-refractivity contribution in [1.82, 2.24) is 19.6 Å². The Morgan fingerprint density at radius 3 is 2.62 bits per heavy atom. The summed E-state index contributed by atoms with van der Waals surface area (Å²) in [5.41, 5.74) is 2.47. The van der Waals surface area contributed by atoms with Gasteiger partial charge in [0.1, 0.15) is 5.75 Å². The fourth-order valence-electron chi connectivity index (χ4n) is 7.08. The standard InChI is InChI=1S/C26H34Br2N4O2/c1-17-14-29-32(15-17)11-10-30-7-4-25-5-9-31(16-18-2-3-18)21(26(25,34)6-8-30)13-19-12-20(27)24(33)23(28)22(19)25/h12,14-15,18,21,33-34H,2-11,13,16H2,1H3/t21-,25+,26-/m1/s1. The Hall–Kier alpha value is -0.930. The number of hydrogen-bond acceptors (Lipinski definition) is 5. The van der Waals surface area contributed by atoms with Gasteiger partial charge < -0.3 is 15.1 Å². The first-order valence-corrected chi connectivity index (χ1v) is 14.3. The molecule has 0 radical (unpaired) electrons. The van der Waals surface area contributed by atoms with Crippen molar-refractivity contribution < 1.29 is 10.2 Å². The van der Waals surface area contributed by atoms with Gasteiger partial charge in [-0.15, -0.1) is 0 Å². The number of piperidine rings is 1. The number of aliphatic hydroxyl groups is 1. The molecule has 4 aliphatic rings. The summed E-state index contributed by atoms with van der Waals surface area (Å²) in [5, 5.41) is 28.0. The summed E-state index contributed by atoms with van der Waals surface area (Å²) in [5.74, 6) is 1.06. The van der Waals surface area contributed by atoms with E-state index in [4.69, 9.17) is 0 Å². The fourth-order valence-corrected chi connectivity index (χ4v) is 8.67. The van der Waals surface area contributed by atoms with Crippen LogP contribution in [-0.2, 0) is 18.4 Å². The molecule has 6 nitrogen and oxygen atoms in total. The summed E-state index contributed by atoms with van der Waals surface area (Å²) in [6.45, 7) is 7.85. The maximum Gasteiger partial charge on any atom is 0.144 e. The topological polar surface area (TPSA) is 64.8 Å². The van der Waals surface area contributed by atoms with Crippen LogP contribution in [0.25, 0.3) is 0 Å². The third-order valence-corrected chi connectivity index (χ3v) is 10.5. The molecule has 0 unspecified atom stereocenters.